The maximum atomic E-state index is 13.8. The van der Waals surface area contributed by atoms with Crippen LogP contribution < -0.4 is 0 Å². The lowest BCUT2D eigenvalue weighted by molar-refractivity contribution is 0.617. The summed E-state index contributed by atoms with van der Waals surface area (Å²) in [6, 6.07) is 7.92. The number of nitrogens with zero attached hydrogens (tertiary/aromatic N) is 1. The molecule has 0 atom stereocenters. The Balaban J connectivity index is 2.35. The van der Waals surface area contributed by atoms with Gasteiger partial charge in [0.25, 0.3) is 0 Å². The van der Waals surface area contributed by atoms with Crippen molar-refractivity contribution in [1.82, 2.24) is 9.55 Å². The van der Waals surface area contributed by atoms with Crippen LogP contribution in [0.4, 0.5) is 8.78 Å². The van der Waals surface area contributed by atoms with Gasteiger partial charge in [0.1, 0.15) is 11.6 Å². The van der Waals surface area contributed by atoms with Crippen LogP contribution in [0, 0.1) is 26.9 Å². The van der Waals surface area contributed by atoms with Gasteiger partial charge in [-0.2, -0.15) is 0 Å². The molecule has 20 heavy (non-hydrogen) atoms. The molecule has 102 valence electrons. The second-order valence-electron chi connectivity index (χ2n) is 4.48. The van der Waals surface area contributed by atoms with Gasteiger partial charge in [-0.3, -0.25) is 4.57 Å². The molecule has 0 unspecified atom stereocenters. The molecule has 0 fully saturated rings. The summed E-state index contributed by atoms with van der Waals surface area (Å²) in [6.07, 6.45) is 0. The number of nitrogens with one attached hydrogen (secondary N) is 1. The number of benzene rings is 2. The van der Waals surface area contributed by atoms with Crippen molar-refractivity contribution in [1.29, 1.82) is 0 Å². The SMILES string of the molecule is Cc1ccc(-n2c(=S)[nH]c3cc(I)c(F)cc32)cc1F. The maximum Gasteiger partial charge on any atom is 0.182 e. The van der Waals surface area contributed by atoms with E-state index in [9.17, 15) is 8.78 Å². The summed E-state index contributed by atoms with van der Waals surface area (Å²) in [6.45, 7) is 1.69. The zero-order valence-electron chi connectivity index (χ0n) is 10.4. The van der Waals surface area contributed by atoms with Crippen molar-refractivity contribution in [2.45, 2.75) is 6.92 Å². The van der Waals surface area contributed by atoms with Crippen LogP contribution in [-0.4, -0.2) is 9.55 Å². The Morgan fingerprint density at radius 2 is 1.90 bits per heavy atom. The number of fused-ring (bicyclic) bond motifs is 1. The number of H-pyrrole nitrogens is 1. The average Bonchev–Trinajstić information content (AvgIpc) is 2.69. The number of aryl methyl sites for hydroxylation is 1. The fraction of sp³-hybridized carbons (Fsp3) is 0.0714. The molecule has 2 nitrogen and oxygen atoms in total. The molecule has 0 aliphatic heterocycles. The molecule has 0 saturated carbocycles. The van der Waals surface area contributed by atoms with Crippen molar-refractivity contribution in [2.24, 2.45) is 0 Å². The Labute approximate surface area is 132 Å². The van der Waals surface area contributed by atoms with Crippen LogP contribution >= 0.6 is 34.8 Å². The minimum atomic E-state index is -0.326. The quantitative estimate of drug-likeness (QED) is 0.455. The summed E-state index contributed by atoms with van der Waals surface area (Å²) in [5.74, 6) is -0.641. The van der Waals surface area contributed by atoms with E-state index in [0.717, 1.165) is 5.52 Å². The highest BCUT2D eigenvalue weighted by Crippen LogP contribution is 2.24. The number of imidazole rings is 1. The molecule has 3 rings (SSSR count). The lowest BCUT2D eigenvalue weighted by Gasteiger charge is -2.06. The molecule has 0 aliphatic rings. The van der Waals surface area contributed by atoms with Crippen LogP contribution in [0.2, 0.25) is 0 Å². The summed E-state index contributed by atoms with van der Waals surface area (Å²) >= 11 is 7.18. The van der Waals surface area contributed by atoms with Gasteiger partial charge in [0.05, 0.1) is 20.3 Å². The molecule has 2 aromatic carbocycles. The highest BCUT2D eigenvalue weighted by Gasteiger charge is 2.11. The van der Waals surface area contributed by atoms with E-state index in [4.69, 9.17) is 12.2 Å². The van der Waals surface area contributed by atoms with Gasteiger partial charge in [0, 0.05) is 6.07 Å². The molecule has 1 aromatic heterocycles. The normalized spacial score (nSPS) is 11.2. The third kappa shape index (κ3) is 2.16. The van der Waals surface area contributed by atoms with Crippen LogP contribution in [0.3, 0.4) is 0 Å². The summed E-state index contributed by atoms with van der Waals surface area (Å²) in [5.41, 5.74) is 2.45. The summed E-state index contributed by atoms with van der Waals surface area (Å²) in [4.78, 5) is 3.01. The van der Waals surface area contributed by atoms with Crippen LogP contribution in [0.5, 0.6) is 0 Å². The number of aromatic amines is 1. The first-order chi connectivity index (χ1) is 9.47. The van der Waals surface area contributed by atoms with Crippen molar-refractivity contribution < 1.29 is 8.78 Å². The Morgan fingerprint density at radius 1 is 1.15 bits per heavy atom. The van der Waals surface area contributed by atoms with Crippen LogP contribution in [0.25, 0.3) is 16.7 Å². The lowest BCUT2D eigenvalue weighted by atomic mass is 10.2. The van der Waals surface area contributed by atoms with Crippen molar-refractivity contribution in [3.05, 3.63) is 55.9 Å². The van der Waals surface area contributed by atoms with Crippen molar-refractivity contribution in [2.75, 3.05) is 0 Å². The second-order valence-corrected chi connectivity index (χ2v) is 6.03. The molecule has 6 heteroatoms. The fourth-order valence-corrected chi connectivity index (χ4v) is 2.86. The lowest BCUT2D eigenvalue weighted by Crippen LogP contribution is -1.96. The molecule has 3 aromatic rings. The van der Waals surface area contributed by atoms with E-state index in [1.165, 1.54) is 12.1 Å². The second kappa shape index (κ2) is 4.92. The Hall–Kier alpha value is -1.28. The van der Waals surface area contributed by atoms with E-state index < -0.39 is 0 Å². The van der Waals surface area contributed by atoms with E-state index in [0.29, 0.717) is 25.1 Å². The molecule has 1 heterocycles. The van der Waals surface area contributed by atoms with E-state index >= 15 is 0 Å². The topological polar surface area (TPSA) is 20.7 Å². The number of hydrogen-bond donors (Lipinski definition) is 1. The Morgan fingerprint density at radius 3 is 2.60 bits per heavy atom. The predicted octanol–water partition coefficient (Wildman–Crippen LogP) is 4.88. The number of halogens is 3. The van der Waals surface area contributed by atoms with Gasteiger partial charge in [-0.05, 0) is 65.5 Å². The van der Waals surface area contributed by atoms with Crippen LogP contribution in [0.15, 0.2) is 30.3 Å². The number of rotatable bonds is 1. The average molecular weight is 402 g/mol. The van der Waals surface area contributed by atoms with E-state index in [1.807, 2.05) is 22.6 Å². The monoisotopic (exact) mass is 402 g/mol. The van der Waals surface area contributed by atoms with Gasteiger partial charge in [0.2, 0.25) is 0 Å². The first-order valence-corrected chi connectivity index (χ1v) is 7.32. The van der Waals surface area contributed by atoms with Gasteiger partial charge in [-0.25, -0.2) is 8.78 Å². The Kier molecular flexibility index (Phi) is 3.37. The predicted molar refractivity (Wildman–Crippen MR) is 85.8 cm³/mol. The fourth-order valence-electron chi connectivity index (χ4n) is 2.08. The summed E-state index contributed by atoms with van der Waals surface area (Å²) in [5, 5.41) is 0. The molecule has 0 spiro atoms. The first-order valence-electron chi connectivity index (χ1n) is 5.83. The van der Waals surface area contributed by atoms with Crippen LogP contribution in [-0.2, 0) is 0 Å². The molecule has 0 radical (unpaired) electrons. The third-order valence-electron chi connectivity index (χ3n) is 3.14. The molecular weight excluding hydrogens is 393 g/mol. The standard InChI is InChI=1S/C14H9F2IN2S/c1-7-2-3-8(4-9(7)15)19-13-5-10(16)11(17)6-12(13)18-14(19)20/h2-6H,1H3,(H,18,20). The molecule has 0 saturated heterocycles. The third-order valence-corrected chi connectivity index (χ3v) is 4.25. The van der Waals surface area contributed by atoms with Gasteiger partial charge in [-0.15, -0.1) is 0 Å². The number of aromatic nitrogens is 2. The van der Waals surface area contributed by atoms with E-state index in [1.54, 1.807) is 29.7 Å². The van der Waals surface area contributed by atoms with E-state index in [-0.39, 0.29) is 11.6 Å². The summed E-state index contributed by atoms with van der Waals surface area (Å²) in [7, 11) is 0. The minimum Gasteiger partial charge on any atom is -0.330 e. The molecule has 0 aliphatic carbocycles. The van der Waals surface area contributed by atoms with Gasteiger partial charge in [-0.1, -0.05) is 6.07 Å². The van der Waals surface area contributed by atoms with Crippen molar-refractivity contribution in [3.8, 4) is 5.69 Å². The molecule has 1 N–H and O–H groups in total. The van der Waals surface area contributed by atoms with Crippen LogP contribution in [0.1, 0.15) is 5.56 Å². The van der Waals surface area contributed by atoms with Crippen molar-refractivity contribution >= 4 is 45.8 Å². The highest BCUT2D eigenvalue weighted by molar-refractivity contribution is 14.1. The Bertz CT molecular complexity index is 883. The van der Waals surface area contributed by atoms with E-state index in [2.05, 4.69) is 4.98 Å². The summed E-state index contributed by atoms with van der Waals surface area (Å²) < 4.78 is 30.0. The molecular formula is C14H9F2IN2S. The highest BCUT2D eigenvalue weighted by atomic mass is 127. The van der Waals surface area contributed by atoms with Crippen molar-refractivity contribution in [3.63, 3.8) is 0 Å². The zero-order chi connectivity index (χ0) is 14.4. The first kappa shape index (κ1) is 13.7. The van der Waals surface area contributed by atoms with Gasteiger partial charge in [0.15, 0.2) is 4.77 Å². The maximum absolute atomic E-state index is 13.8. The molecule has 0 amide bonds. The molecule has 0 bridgehead atoms. The zero-order valence-corrected chi connectivity index (χ0v) is 13.4. The van der Waals surface area contributed by atoms with Gasteiger partial charge < -0.3 is 4.98 Å². The smallest absolute Gasteiger partial charge is 0.182 e. The van der Waals surface area contributed by atoms with Gasteiger partial charge >= 0.3 is 0 Å². The number of hydrogen-bond acceptors (Lipinski definition) is 1. The minimum absolute atomic E-state index is 0.315. The largest absolute Gasteiger partial charge is 0.330 e.